The molecule has 1 aromatic carbocycles. The first kappa shape index (κ1) is 15.0. The third-order valence-corrected chi connectivity index (χ3v) is 2.83. The zero-order chi connectivity index (χ0) is 14.3. The third-order valence-electron chi connectivity index (χ3n) is 2.83. The van der Waals surface area contributed by atoms with Crippen LogP contribution >= 0.6 is 0 Å². The van der Waals surface area contributed by atoms with Crippen LogP contribution in [0.25, 0.3) is 0 Å². The van der Waals surface area contributed by atoms with E-state index in [1.807, 2.05) is 38.1 Å². The van der Waals surface area contributed by atoms with Crippen LogP contribution < -0.4 is 10.1 Å². The molecule has 1 N–H and O–H groups in total. The maximum Gasteiger partial charge on any atom is 0.261 e. The lowest BCUT2D eigenvalue weighted by molar-refractivity contribution is -0.128. The van der Waals surface area contributed by atoms with Crippen molar-refractivity contribution >= 4 is 5.91 Å². The highest BCUT2D eigenvalue weighted by molar-refractivity contribution is 5.81. The van der Waals surface area contributed by atoms with E-state index in [-0.39, 0.29) is 11.8 Å². The molecule has 0 aliphatic heterocycles. The Hall–Kier alpha value is -2.02. The second kappa shape index (κ2) is 7.42. The quantitative estimate of drug-likeness (QED) is 0.854. The van der Waals surface area contributed by atoms with Crippen molar-refractivity contribution in [2.75, 3.05) is 6.54 Å². The molecule has 0 saturated heterocycles. The van der Waals surface area contributed by atoms with Gasteiger partial charge in [0.1, 0.15) is 5.75 Å². The second-order valence-electron chi connectivity index (χ2n) is 4.56. The number of benzene rings is 1. The van der Waals surface area contributed by atoms with Crippen LogP contribution in [-0.4, -0.2) is 18.6 Å². The van der Waals surface area contributed by atoms with Gasteiger partial charge in [0, 0.05) is 6.54 Å². The van der Waals surface area contributed by atoms with Gasteiger partial charge < -0.3 is 10.1 Å². The van der Waals surface area contributed by atoms with Gasteiger partial charge in [-0.25, -0.2) is 0 Å². The molecular formula is C15H20N2O2. The van der Waals surface area contributed by atoms with E-state index in [1.165, 1.54) is 0 Å². The van der Waals surface area contributed by atoms with Gasteiger partial charge in [0.05, 0.1) is 12.0 Å². The summed E-state index contributed by atoms with van der Waals surface area (Å²) in [5, 5.41) is 11.4. The second-order valence-corrected chi connectivity index (χ2v) is 4.56. The van der Waals surface area contributed by atoms with E-state index in [0.29, 0.717) is 13.0 Å². The molecule has 0 aromatic heterocycles. The number of para-hydroxylation sites is 1. The van der Waals surface area contributed by atoms with Crippen molar-refractivity contribution in [3.63, 3.8) is 0 Å². The van der Waals surface area contributed by atoms with Crippen LogP contribution in [0, 0.1) is 24.2 Å². The molecule has 0 aliphatic rings. The minimum absolute atomic E-state index is 0.173. The van der Waals surface area contributed by atoms with Crippen molar-refractivity contribution in [3.05, 3.63) is 29.8 Å². The van der Waals surface area contributed by atoms with Crippen LogP contribution in [0.15, 0.2) is 24.3 Å². The van der Waals surface area contributed by atoms with E-state index in [2.05, 4.69) is 11.4 Å². The average molecular weight is 260 g/mol. The maximum absolute atomic E-state index is 12.0. The summed E-state index contributed by atoms with van der Waals surface area (Å²) in [4.78, 5) is 12.0. The minimum Gasteiger partial charge on any atom is -0.480 e. The molecule has 0 fully saturated rings. The van der Waals surface area contributed by atoms with Gasteiger partial charge in [0.15, 0.2) is 6.10 Å². The van der Waals surface area contributed by atoms with Crippen LogP contribution in [0.5, 0.6) is 5.75 Å². The van der Waals surface area contributed by atoms with Gasteiger partial charge in [-0.15, -0.1) is 0 Å². The molecule has 19 heavy (non-hydrogen) atoms. The van der Waals surface area contributed by atoms with E-state index in [9.17, 15) is 4.79 Å². The zero-order valence-corrected chi connectivity index (χ0v) is 11.6. The first-order chi connectivity index (χ1) is 9.08. The predicted molar refractivity (Wildman–Crippen MR) is 73.7 cm³/mol. The number of amides is 1. The Morgan fingerprint density at radius 1 is 1.47 bits per heavy atom. The van der Waals surface area contributed by atoms with Crippen molar-refractivity contribution in [1.29, 1.82) is 5.26 Å². The van der Waals surface area contributed by atoms with Crippen LogP contribution in [0.3, 0.4) is 0 Å². The zero-order valence-electron chi connectivity index (χ0n) is 11.6. The normalized spacial score (nSPS) is 13.2. The van der Waals surface area contributed by atoms with Crippen molar-refractivity contribution in [2.24, 2.45) is 5.92 Å². The van der Waals surface area contributed by atoms with Crippen LogP contribution in [0.2, 0.25) is 0 Å². The topological polar surface area (TPSA) is 62.1 Å². The Morgan fingerprint density at radius 3 is 2.74 bits per heavy atom. The number of nitriles is 1. The van der Waals surface area contributed by atoms with Gasteiger partial charge in [0.2, 0.25) is 0 Å². The molecule has 1 rings (SSSR count). The Labute approximate surface area is 114 Å². The molecule has 2 atom stereocenters. The molecule has 102 valence electrons. The van der Waals surface area contributed by atoms with Gasteiger partial charge in [-0.05, 0) is 31.9 Å². The van der Waals surface area contributed by atoms with Crippen molar-refractivity contribution < 1.29 is 9.53 Å². The summed E-state index contributed by atoms with van der Waals surface area (Å²) in [7, 11) is 0. The molecule has 0 spiro atoms. The van der Waals surface area contributed by atoms with Crippen molar-refractivity contribution in [2.45, 2.75) is 33.3 Å². The summed E-state index contributed by atoms with van der Waals surface area (Å²) in [6, 6.07) is 9.68. The van der Waals surface area contributed by atoms with Gasteiger partial charge >= 0.3 is 0 Å². The monoisotopic (exact) mass is 260 g/mol. The van der Waals surface area contributed by atoms with E-state index in [0.717, 1.165) is 11.3 Å². The number of rotatable bonds is 6. The number of nitrogens with zero attached hydrogens (tertiary/aromatic N) is 1. The smallest absolute Gasteiger partial charge is 0.261 e. The fraction of sp³-hybridized carbons (Fsp3) is 0.467. The minimum atomic E-state index is -0.521. The van der Waals surface area contributed by atoms with Crippen LogP contribution in [0.4, 0.5) is 0 Å². The van der Waals surface area contributed by atoms with Crippen LogP contribution in [-0.2, 0) is 4.79 Å². The fourth-order valence-electron chi connectivity index (χ4n) is 1.58. The number of ether oxygens (including phenoxy) is 1. The SMILES string of the molecule is CC[C@H](Oc1ccccc1C)C(=O)NC[C@@H](C)C#N. The molecule has 0 saturated carbocycles. The molecule has 0 heterocycles. The van der Waals surface area contributed by atoms with Gasteiger partial charge in [-0.2, -0.15) is 5.26 Å². The van der Waals surface area contributed by atoms with Gasteiger partial charge in [-0.3, -0.25) is 4.79 Å². The Balaban J connectivity index is 2.61. The summed E-state index contributed by atoms with van der Waals surface area (Å²) < 4.78 is 5.73. The molecule has 0 aliphatic carbocycles. The van der Waals surface area contributed by atoms with Gasteiger partial charge in [0.25, 0.3) is 5.91 Å². The van der Waals surface area contributed by atoms with Crippen LogP contribution in [0.1, 0.15) is 25.8 Å². The van der Waals surface area contributed by atoms with Crippen molar-refractivity contribution in [3.8, 4) is 11.8 Å². The Bertz CT molecular complexity index is 465. The van der Waals surface area contributed by atoms with E-state index < -0.39 is 6.10 Å². The number of carbonyl (C=O) groups excluding carboxylic acids is 1. The molecule has 0 radical (unpaired) electrons. The molecule has 1 amide bonds. The molecule has 4 nitrogen and oxygen atoms in total. The molecular weight excluding hydrogens is 240 g/mol. The molecule has 4 heteroatoms. The highest BCUT2D eigenvalue weighted by atomic mass is 16.5. The average Bonchev–Trinajstić information content (AvgIpc) is 2.43. The van der Waals surface area contributed by atoms with Gasteiger partial charge in [-0.1, -0.05) is 25.1 Å². The number of hydrogen-bond acceptors (Lipinski definition) is 3. The lowest BCUT2D eigenvalue weighted by atomic mass is 10.2. The molecule has 0 unspecified atom stereocenters. The lowest BCUT2D eigenvalue weighted by Crippen LogP contribution is -2.39. The Kier molecular flexibility index (Phi) is 5.87. The number of carbonyl (C=O) groups is 1. The lowest BCUT2D eigenvalue weighted by Gasteiger charge is -2.18. The standard InChI is InChI=1S/C15H20N2O2/c1-4-13(15(18)17-10-11(2)9-16)19-14-8-6-5-7-12(14)3/h5-8,11,13H,4,10H2,1-3H3,(H,17,18)/t11-,13-/m0/s1. The maximum atomic E-state index is 12.0. The molecule has 1 aromatic rings. The third kappa shape index (κ3) is 4.63. The number of hydrogen-bond donors (Lipinski definition) is 1. The first-order valence-electron chi connectivity index (χ1n) is 6.48. The molecule has 0 bridgehead atoms. The highest BCUT2D eigenvalue weighted by Crippen LogP contribution is 2.18. The number of aryl methyl sites for hydroxylation is 1. The van der Waals surface area contributed by atoms with E-state index >= 15 is 0 Å². The summed E-state index contributed by atoms with van der Waals surface area (Å²) >= 11 is 0. The highest BCUT2D eigenvalue weighted by Gasteiger charge is 2.19. The van der Waals surface area contributed by atoms with Crippen molar-refractivity contribution in [1.82, 2.24) is 5.32 Å². The summed E-state index contributed by atoms with van der Waals surface area (Å²) in [6.45, 7) is 5.96. The summed E-state index contributed by atoms with van der Waals surface area (Å²) in [5.74, 6) is 0.352. The summed E-state index contributed by atoms with van der Waals surface area (Å²) in [5.41, 5.74) is 0.999. The Morgan fingerprint density at radius 2 is 2.16 bits per heavy atom. The van der Waals surface area contributed by atoms with E-state index in [4.69, 9.17) is 10.00 Å². The van der Waals surface area contributed by atoms with E-state index in [1.54, 1.807) is 6.92 Å². The first-order valence-corrected chi connectivity index (χ1v) is 6.48. The number of nitrogens with one attached hydrogen (secondary N) is 1. The summed E-state index contributed by atoms with van der Waals surface area (Å²) in [6.07, 6.45) is 0.0631. The largest absolute Gasteiger partial charge is 0.480 e. The fourth-order valence-corrected chi connectivity index (χ4v) is 1.58. The predicted octanol–water partition coefficient (Wildman–Crippen LogP) is 2.43.